The molecule has 2 atom stereocenters. The molecule has 1 heterocycles. The van der Waals surface area contributed by atoms with Gasteiger partial charge in [-0.15, -0.1) is 0 Å². The van der Waals surface area contributed by atoms with Crippen molar-refractivity contribution in [2.75, 3.05) is 13.2 Å². The first-order valence-corrected chi connectivity index (χ1v) is 5.23. The van der Waals surface area contributed by atoms with Gasteiger partial charge in [0.2, 0.25) is 0 Å². The Morgan fingerprint density at radius 1 is 1.40 bits per heavy atom. The SMILES string of the molecule is CC1(c2ccccc2)OCC(CCO)O1. The maximum atomic E-state index is 8.83. The molecule has 0 saturated carbocycles. The molecule has 0 radical (unpaired) electrons. The van der Waals surface area contributed by atoms with Gasteiger partial charge >= 0.3 is 0 Å². The molecular weight excluding hydrogens is 192 g/mol. The van der Waals surface area contributed by atoms with E-state index in [9.17, 15) is 0 Å². The fourth-order valence-corrected chi connectivity index (χ4v) is 1.82. The van der Waals surface area contributed by atoms with Crippen LogP contribution < -0.4 is 0 Å². The Morgan fingerprint density at radius 3 is 2.80 bits per heavy atom. The highest BCUT2D eigenvalue weighted by Gasteiger charge is 2.38. The van der Waals surface area contributed by atoms with Crippen LogP contribution in [-0.4, -0.2) is 24.4 Å². The third kappa shape index (κ3) is 2.20. The summed E-state index contributed by atoms with van der Waals surface area (Å²) in [5.41, 5.74) is 1.02. The fourth-order valence-electron chi connectivity index (χ4n) is 1.82. The van der Waals surface area contributed by atoms with Gasteiger partial charge in [-0.05, 0) is 13.3 Å². The predicted octanol–water partition coefficient (Wildman–Crippen LogP) is 1.66. The van der Waals surface area contributed by atoms with Crippen molar-refractivity contribution in [1.29, 1.82) is 0 Å². The van der Waals surface area contributed by atoms with Crippen LogP contribution in [0.2, 0.25) is 0 Å². The summed E-state index contributed by atoms with van der Waals surface area (Å²) in [6, 6.07) is 9.87. The van der Waals surface area contributed by atoms with E-state index in [0.717, 1.165) is 5.56 Å². The lowest BCUT2D eigenvalue weighted by molar-refractivity contribution is -0.163. The molecule has 1 aliphatic heterocycles. The molecule has 2 unspecified atom stereocenters. The molecule has 0 spiro atoms. The summed E-state index contributed by atoms with van der Waals surface area (Å²) in [7, 11) is 0. The van der Waals surface area contributed by atoms with Gasteiger partial charge in [0.15, 0.2) is 5.79 Å². The molecule has 2 rings (SSSR count). The molecule has 3 heteroatoms. The lowest BCUT2D eigenvalue weighted by Crippen LogP contribution is -2.24. The number of rotatable bonds is 3. The Balaban J connectivity index is 2.10. The normalized spacial score (nSPS) is 30.7. The first-order valence-electron chi connectivity index (χ1n) is 5.23. The van der Waals surface area contributed by atoms with Gasteiger partial charge in [0.25, 0.3) is 0 Å². The van der Waals surface area contributed by atoms with Crippen LogP contribution in [0.25, 0.3) is 0 Å². The van der Waals surface area contributed by atoms with Crippen LogP contribution in [0.1, 0.15) is 18.9 Å². The minimum atomic E-state index is -0.652. The van der Waals surface area contributed by atoms with E-state index in [4.69, 9.17) is 14.6 Å². The van der Waals surface area contributed by atoms with Gasteiger partial charge in [0.05, 0.1) is 12.7 Å². The molecule has 15 heavy (non-hydrogen) atoms. The Bertz CT molecular complexity index is 312. The summed E-state index contributed by atoms with van der Waals surface area (Å²) in [5, 5.41) is 8.83. The van der Waals surface area contributed by atoms with E-state index < -0.39 is 5.79 Å². The Labute approximate surface area is 89.6 Å². The topological polar surface area (TPSA) is 38.7 Å². The summed E-state index contributed by atoms with van der Waals surface area (Å²) < 4.78 is 11.5. The average molecular weight is 208 g/mol. The fraction of sp³-hybridized carbons (Fsp3) is 0.500. The zero-order valence-electron chi connectivity index (χ0n) is 8.85. The molecule has 1 fully saturated rings. The van der Waals surface area contributed by atoms with Crippen LogP contribution >= 0.6 is 0 Å². The van der Waals surface area contributed by atoms with Crippen LogP contribution in [0.4, 0.5) is 0 Å². The Hall–Kier alpha value is -0.900. The zero-order chi connectivity index (χ0) is 10.7. The quantitative estimate of drug-likeness (QED) is 0.821. The molecule has 0 aromatic heterocycles. The number of hydrogen-bond acceptors (Lipinski definition) is 3. The maximum absolute atomic E-state index is 8.83. The number of aliphatic hydroxyl groups excluding tert-OH is 1. The molecule has 1 aliphatic rings. The first kappa shape index (κ1) is 10.6. The van der Waals surface area contributed by atoms with Crippen molar-refractivity contribution in [3.63, 3.8) is 0 Å². The molecule has 0 amide bonds. The van der Waals surface area contributed by atoms with Crippen LogP contribution in [-0.2, 0) is 15.3 Å². The van der Waals surface area contributed by atoms with Gasteiger partial charge in [-0.25, -0.2) is 0 Å². The number of benzene rings is 1. The molecule has 1 aromatic carbocycles. The third-order valence-electron chi connectivity index (χ3n) is 2.69. The third-order valence-corrected chi connectivity index (χ3v) is 2.69. The van der Waals surface area contributed by atoms with E-state index in [1.807, 2.05) is 37.3 Å². The van der Waals surface area contributed by atoms with Crippen LogP contribution in [0, 0.1) is 0 Å². The van der Waals surface area contributed by atoms with Crippen LogP contribution in [0.5, 0.6) is 0 Å². The van der Waals surface area contributed by atoms with Gasteiger partial charge in [-0.3, -0.25) is 0 Å². The van der Waals surface area contributed by atoms with Crippen molar-refractivity contribution in [3.05, 3.63) is 35.9 Å². The Morgan fingerprint density at radius 2 is 2.13 bits per heavy atom. The monoisotopic (exact) mass is 208 g/mol. The Kier molecular flexibility index (Phi) is 3.05. The van der Waals surface area contributed by atoms with Crippen LogP contribution in [0.3, 0.4) is 0 Å². The summed E-state index contributed by atoms with van der Waals surface area (Å²) >= 11 is 0. The average Bonchev–Trinajstić information content (AvgIpc) is 2.64. The molecular formula is C12H16O3. The molecule has 1 N–H and O–H groups in total. The van der Waals surface area contributed by atoms with Crippen molar-refractivity contribution < 1.29 is 14.6 Å². The highest BCUT2D eigenvalue weighted by molar-refractivity contribution is 5.20. The summed E-state index contributed by atoms with van der Waals surface area (Å²) in [4.78, 5) is 0. The summed E-state index contributed by atoms with van der Waals surface area (Å²) in [6.07, 6.45) is 0.628. The van der Waals surface area contributed by atoms with Crippen molar-refractivity contribution >= 4 is 0 Å². The van der Waals surface area contributed by atoms with Gasteiger partial charge in [0.1, 0.15) is 0 Å². The number of hydrogen-bond donors (Lipinski definition) is 1. The van der Waals surface area contributed by atoms with E-state index in [0.29, 0.717) is 13.0 Å². The van der Waals surface area contributed by atoms with Crippen molar-refractivity contribution in [2.24, 2.45) is 0 Å². The smallest absolute Gasteiger partial charge is 0.192 e. The predicted molar refractivity (Wildman–Crippen MR) is 56.3 cm³/mol. The molecule has 82 valence electrons. The minimum Gasteiger partial charge on any atom is -0.396 e. The second-order valence-corrected chi connectivity index (χ2v) is 3.87. The van der Waals surface area contributed by atoms with E-state index in [2.05, 4.69) is 0 Å². The number of ether oxygens (including phenoxy) is 2. The second kappa shape index (κ2) is 4.31. The lowest BCUT2D eigenvalue weighted by atomic mass is 10.1. The van der Waals surface area contributed by atoms with Gasteiger partial charge in [-0.1, -0.05) is 30.3 Å². The highest BCUT2D eigenvalue weighted by atomic mass is 16.7. The van der Waals surface area contributed by atoms with Gasteiger partial charge in [0, 0.05) is 12.2 Å². The largest absolute Gasteiger partial charge is 0.396 e. The summed E-state index contributed by atoms with van der Waals surface area (Å²) in [6.45, 7) is 2.60. The van der Waals surface area contributed by atoms with Crippen LogP contribution in [0.15, 0.2) is 30.3 Å². The maximum Gasteiger partial charge on any atom is 0.192 e. The van der Waals surface area contributed by atoms with Crippen molar-refractivity contribution in [3.8, 4) is 0 Å². The van der Waals surface area contributed by atoms with E-state index >= 15 is 0 Å². The standard InChI is InChI=1S/C12H16O3/c1-12(10-5-3-2-4-6-10)14-9-11(15-12)7-8-13/h2-6,11,13H,7-9H2,1H3. The molecule has 1 aromatic rings. The first-order chi connectivity index (χ1) is 7.24. The molecule has 0 aliphatic carbocycles. The van der Waals surface area contributed by atoms with E-state index in [1.165, 1.54) is 0 Å². The number of aliphatic hydroxyl groups is 1. The van der Waals surface area contributed by atoms with Crippen molar-refractivity contribution in [1.82, 2.24) is 0 Å². The highest BCUT2D eigenvalue weighted by Crippen LogP contribution is 2.34. The molecule has 1 saturated heterocycles. The lowest BCUT2D eigenvalue weighted by Gasteiger charge is -2.23. The minimum absolute atomic E-state index is 0.000191. The molecule has 0 bridgehead atoms. The van der Waals surface area contributed by atoms with E-state index in [1.54, 1.807) is 0 Å². The zero-order valence-corrected chi connectivity index (χ0v) is 8.85. The second-order valence-electron chi connectivity index (χ2n) is 3.87. The summed E-state index contributed by atoms with van der Waals surface area (Å²) in [5.74, 6) is -0.652. The van der Waals surface area contributed by atoms with E-state index in [-0.39, 0.29) is 12.7 Å². The van der Waals surface area contributed by atoms with Gasteiger partial charge < -0.3 is 14.6 Å². The van der Waals surface area contributed by atoms with Crippen molar-refractivity contribution in [2.45, 2.75) is 25.2 Å². The molecule has 3 nitrogen and oxygen atoms in total. The van der Waals surface area contributed by atoms with Gasteiger partial charge in [-0.2, -0.15) is 0 Å².